The zero-order valence-electron chi connectivity index (χ0n) is 7.39. The van der Waals surface area contributed by atoms with E-state index in [1.54, 1.807) is 25.1 Å². The van der Waals surface area contributed by atoms with Gasteiger partial charge < -0.3 is 11.5 Å². The van der Waals surface area contributed by atoms with Gasteiger partial charge in [0.05, 0.1) is 0 Å². The van der Waals surface area contributed by atoms with Crippen molar-refractivity contribution in [1.82, 2.24) is 0 Å². The number of rotatable bonds is 2. The Kier molecular flexibility index (Phi) is 2.32. The number of hydrogen-bond acceptors (Lipinski definition) is 2. The fraction of sp³-hybridized carbons (Fsp3) is 0.111. The van der Waals surface area contributed by atoms with Gasteiger partial charge in [0.2, 0.25) is 0 Å². The van der Waals surface area contributed by atoms with E-state index < -0.39 is 0 Å². The molecule has 0 fully saturated rings. The SMILES string of the molecule is Cc1c(C(=N)N)cccc1C(=N)N. The number of nitrogens with two attached hydrogens (primary N) is 2. The molecule has 0 radical (unpaired) electrons. The van der Waals surface area contributed by atoms with E-state index in [9.17, 15) is 0 Å². The summed E-state index contributed by atoms with van der Waals surface area (Å²) in [7, 11) is 0. The smallest absolute Gasteiger partial charge is 0.123 e. The summed E-state index contributed by atoms with van der Waals surface area (Å²) in [6, 6.07) is 5.22. The summed E-state index contributed by atoms with van der Waals surface area (Å²) >= 11 is 0. The minimum atomic E-state index is 0.000556. The molecule has 0 unspecified atom stereocenters. The Hall–Kier alpha value is -1.84. The minimum Gasteiger partial charge on any atom is -0.384 e. The zero-order chi connectivity index (χ0) is 10.0. The Bertz CT molecular complexity index is 336. The van der Waals surface area contributed by atoms with Crippen LogP contribution in [-0.4, -0.2) is 11.7 Å². The molecule has 0 bridgehead atoms. The maximum Gasteiger partial charge on any atom is 0.123 e. The molecular formula is C9H12N4. The van der Waals surface area contributed by atoms with E-state index in [2.05, 4.69) is 0 Å². The Morgan fingerprint density at radius 2 is 1.46 bits per heavy atom. The monoisotopic (exact) mass is 176 g/mol. The normalized spacial score (nSPS) is 9.62. The molecule has 1 aromatic carbocycles. The minimum absolute atomic E-state index is 0.000556. The van der Waals surface area contributed by atoms with Gasteiger partial charge in [0.25, 0.3) is 0 Å². The van der Waals surface area contributed by atoms with Gasteiger partial charge in [-0.05, 0) is 12.5 Å². The molecule has 0 aliphatic rings. The summed E-state index contributed by atoms with van der Waals surface area (Å²) in [5, 5.41) is 14.6. The molecule has 6 N–H and O–H groups in total. The molecule has 0 saturated heterocycles. The maximum atomic E-state index is 7.28. The average molecular weight is 176 g/mol. The fourth-order valence-corrected chi connectivity index (χ4v) is 1.22. The third-order valence-electron chi connectivity index (χ3n) is 1.91. The summed E-state index contributed by atoms with van der Waals surface area (Å²) in [6.07, 6.45) is 0. The van der Waals surface area contributed by atoms with Crippen molar-refractivity contribution >= 4 is 11.7 Å². The predicted octanol–water partition coefficient (Wildman–Crippen LogP) is 0.563. The first-order chi connectivity index (χ1) is 6.04. The van der Waals surface area contributed by atoms with Crippen LogP contribution in [0.1, 0.15) is 16.7 Å². The molecule has 0 aliphatic carbocycles. The van der Waals surface area contributed by atoms with Crippen LogP contribution in [0, 0.1) is 17.7 Å². The molecule has 0 heterocycles. The van der Waals surface area contributed by atoms with Crippen LogP contribution in [0.4, 0.5) is 0 Å². The van der Waals surface area contributed by atoms with E-state index in [0.717, 1.165) is 5.56 Å². The van der Waals surface area contributed by atoms with Crippen LogP contribution in [0.25, 0.3) is 0 Å². The molecule has 13 heavy (non-hydrogen) atoms. The van der Waals surface area contributed by atoms with Gasteiger partial charge in [0.1, 0.15) is 11.7 Å². The lowest BCUT2D eigenvalue weighted by atomic mass is 10.0. The molecule has 0 saturated carbocycles. The standard InChI is InChI=1S/C9H12N4/c1-5-6(8(10)11)3-2-4-7(5)9(12)13/h2-4H,1H3,(H3,10,11)(H3,12,13). The highest BCUT2D eigenvalue weighted by Crippen LogP contribution is 2.12. The van der Waals surface area contributed by atoms with Crippen LogP contribution >= 0.6 is 0 Å². The highest BCUT2D eigenvalue weighted by Gasteiger charge is 2.07. The van der Waals surface area contributed by atoms with Gasteiger partial charge in [-0.1, -0.05) is 18.2 Å². The first kappa shape index (κ1) is 9.25. The van der Waals surface area contributed by atoms with Crippen LogP contribution in [-0.2, 0) is 0 Å². The molecular weight excluding hydrogens is 164 g/mol. The molecule has 0 spiro atoms. The second-order valence-corrected chi connectivity index (χ2v) is 2.81. The van der Waals surface area contributed by atoms with E-state index in [1.807, 2.05) is 0 Å². The van der Waals surface area contributed by atoms with Gasteiger partial charge in [0, 0.05) is 11.1 Å². The zero-order valence-corrected chi connectivity index (χ0v) is 7.39. The van der Waals surface area contributed by atoms with Gasteiger partial charge in [-0.2, -0.15) is 0 Å². The highest BCUT2D eigenvalue weighted by atomic mass is 14.7. The Labute approximate surface area is 76.6 Å². The quantitative estimate of drug-likeness (QED) is 0.391. The first-order valence-electron chi connectivity index (χ1n) is 3.82. The topological polar surface area (TPSA) is 99.7 Å². The second-order valence-electron chi connectivity index (χ2n) is 2.81. The van der Waals surface area contributed by atoms with Gasteiger partial charge >= 0.3 is 0 Å². The lowest BCUT2D eigenvalue weighted by Crippen LogP contribution is -2.18. The van der Waals surface area contributed by atoms with Crippen molar-refractivity contribution in [3.8, 4) is 0 Å². The number of hydrogen-bond donors (Lipinski definition) is 4. The maximum absolute atomic E-state index is 7.28. The van der Waals surface area contributed by atoms with Crippen LogP contribution in [0.15, 0.2) is 18.2 Å². The summed E-state index contributed by atoms with van der Waals surface area (Å²) in [4.78, 5) is 0. The van der Waals surface area contributed by atoms with Crippen LogP contribution in [0.2, 0.25) is 0 Å². The summed E-state index contributed by atoms with van der Waals surface area (Å²) in [5.41, 5.74) is 12.8. The van der Waals surface area contributed by atoms with Gasteiger partial charge in [-0.3, -0.25) is 10.8 Å². The van der Waals surface area contributed by atoms with Crippen molar-refractivity contribution in [2.75, 3.05) is 0 Å². The second kappa shape index (κ2) is 3.26. The molecule has 68 valence electrons. The number of nitrogen functional groups attached to an aromatic ring is 2. The van der Waals surface area contributed by atoms with Gasteiger partial charge in [-0.15, -0.1) is 0 Å². The number of nitrogens with one attached hydrogen (secondary N) is 2. The van der Waals surface area contributed by atoms with Crippen molar-refractivity contribution in [1.29, 1.82) is 10.8 Å². The fourth-order valence-electron chi connectivity index (χ4n) is 1.22. The molecule has 0 amide bonds. The lowest BCUT2D eigenvalue weighted by Gasteiger charge is -2.08. The predicted molar refractivity (Wildman–Crippen MR) is 53.2 cm³/mol. The van der Waals surface area contributed by atoms with Crippen molar-refractivity contribution < 1.29 is 0 Å². The van der Waals surface area contributed by atoms with Crippen LogP contribution in [0.3, 0.4) is 0 Å². The third-order valence-corrected chi connectivity index (χ3v) is 1.91. The van der Waals surface area contributed by atoms with E-state index >= 15 is 0 Å². The number of benzene rings is 1. The Morgan fingerprint density at radius 1 is 1.08 bits per heavy atom. The van der Waals surface area contributed by atoms with Crippen LogP contribution < -0.4 is 11.5 Å². The first-order valence-corrected chi connectivity index (χ1v) is 3.82. The molecule has 0 aromatic heterocycles. The Morgan fingerprint density at radius 3 is 1.77 bits per heavy atom. The van der Waals surface area contributed by atoms with E-state index in [1.165, 1.54) is 0 Å². The molecule has 1 rings (SSSR count). The highest BCUT2D eigenvalue weighted by molar-refractivity contribution is 6.02. The van der Waals surface area contributed by atoms with Crippen molar-refractivity contribution in [3.63, 3.8) is 0 Å². The Balaban J connectivity index is 3.35. The van der Waals surface area contributed by atoms with Crippen molar-refractivity contribution in [3.05, 3.63) is 34.9 Å². The number of amidine groups is 2. The molecule has 0 aliphatic heterocycles. The van der Waals surface area contributed by atoms with Gasteiger partial charge in [0.15, 0.2) is 0 Å². The summed E-state index contributed by atoms with van der Waals surface area (Å²) < 4.78 is 0. The largest absolute Gasteiger partial charge is 0.384 e. The van der Waals surface area contributed by atoms with E-state index in [4.69, 9.17) is 22.3 Å². The van der Waals surface area contributed by atoms with Gasteiger partial charge in [-0.25, -0.2) is 0 Å². The van der Waals surface area contributed by atoms with E-state index in [-0.39, 0.29) is 11.7 Å². The molecule has 1 aromatic rings. The summed E-state index contributed by atoms with van der Waals surface area (Å²) in [5.74, 6) is 0.00111. The van der Waals surface area contributed by atoms with Crippen LogP contribution in [0.5, 0.6) is 0 Å². The lowest BCUT2D eigenvalue weighted by molar-refractivity contribution is 1.32. The molecule has 4 nitrogen and oxygen atoms in total. The van der Waals surface area contributed by atoms with Crippen molar-refractivity contribution in [2.45, 2.75) is 6.92 Å². The third kappa shape index (κ3) is 1.66. The average Bonchev–Trinajstić information content (AvgIpc) is 2.03. The molecule has 0 atom stereocenters. The van der Waals surface area contributed by atoms with Crippen molar-refractivity contribution in [2.24, 2.45) is 11.5 Å². The summed E-state index contributed by atoms with van der Waals surface area (Å²) in [6.45, 7) is 1.80. The van der Waals surface area contributed by atoms with E-state index in [0.29, 0.717) is 11.1 Å². The molecule has 4 heteroatoms.